The number of fused-ring (bicyclic) bond motifs is 1. The van der Waals surface area contributed by atoms with Gasteiger partial charge in [0.25, 0.3) is 0 Å². The molecule has 0 saturated carbocycles. The minimum Gasteiger partial charge on any atom is -0.497 e. The fraction of sp³-hybridized carbons (Fsp3) is 0.310. The Morgan fingerprint density at radius 1 is 0.974 bits per heavy atom. The highest BCUT2D eigenvalue weighted by Gasteiger charge is 2.19. The quantitative estimate of drug-likeness (QED) is 0.285. The molecule has 0 aliphatic heterocycles. The third-order valence-corrected chi connectivity index (χ3v) is 5.73. The van der Waals surface area contributed by atoms with Crippen molar-refractivity contribution in [3.05, 3.63) is 60.9 Å². The average Bonchev–Trinajstić information content (AvgIpc) is 2.91. The number of hydrogen-bond acceptors (Lipinski definition) is 9. The van der Waals surface area contributed by atoms with Crippen LogP contribution in [0.25, 0.3) is 22.3 Å². The van der Waals surface area contributed by atoms with Crippen LogP contribution in [0.1, 0.15) is 27.2 Å². The summed E-state index contributed by atoms with van der Waals surface area (Å²) in [6.45, 7) is 5.98. The number of carbonyl (C=O) groups is 1. The van der Waals surface area contributed by atoms with E-state index in [1.807, 2.05) is 42.5 Å². The molecule has 2 aromatic carbocycles. The third kappa shape index (κ3) is 6.91. The molecule has 0 unspecified atom stereocenters. The minimum atomic E-state index is -0.646. The molecule has 0 fully saturated rings. The van der Waals surface area contributed by atoms with Crippen LogP contribution in [0.3, 0.4) is 0 Å². The van der Waals surface area contributed by atoms with Crippen LogP contribution in [0.4, 0.5) is 22.0 Å². The average molecular weight is 532 g/mol. The van der Waals surface area contributed by atoms with Gasteiger partial charge >= 0.3 is 6.09 Å². The van der Waals surface area contributed by atoms with Gasteiger partial charge in [0.05, 0.1) is 37.1 Å². The van der Waals surface area contributed by atoms with Crippen molar-refractivity contribution in [3.63, 3.8) is 0 Å². The highest BCUT2D eigenvalue weighted by Crippen LogP contribution is 2.34. The van der Waals surface area contributed by atoms with Gasteiger partial charge in [0, 0.05) is 54.5 Å². The Morgan fingerprint density at radius 3 is 2.38 bits per heavy atom. The number of aliphatic hydroxyl groups excluding tert-OH is 1. The molecule has 0 spiro atoms. The predicted molar refractivity (Wildman–Crippen MR) is 151 cm³/mol. The maximum absolute atomic E-state index is 12.4. The third-order valence-electron chi connectivity index (χ3n) is 5.73. The van der Waals surface area contributed by atoms with Crippen molar-refractivity contribution in [1.82, 2.24) is 15.0 Å². The van der Waals surface area contributed by atoms with Gasteiger partial charge in [-0.15, -0.1) is 0 Å². The van der Waals surface area contributed by atoms with Gasteiger partial charge in [-0.25, -0.2) is 14.8 Å². The highest BCUT2D eigenvalue weighted by atomic mass is 16.6. The Balaban J connectivity index is 1.73. The first kappa shape index (κ1) is 27.6. The van der Waals surface area contributed by atoms with Gasteiger partial charge in [-0.1, -0.05) is 0 Å². The molecule has 10 nitrogen and oxygen atoms in total. The van der Waals surface area contributed by atoms with E-state index in [2.05, 4.69) is 20.2 Å². The molecule has 4 rings (SSSR count). The lowest BCUT2D eigenvalue weighted by molar-refractivity contribution is 0.0635. The number of nitrogens with zero attached hydrogens (tertiary/aromatic N) is 4. The topological polar surface area (TPSA) is 119 Å². The first-order valence-corrected chi connectivity index (χ1v) is 12.5. The zero-order valence-electron chi connectivity index (χ0n) is 22.8. The number of nitrogens with one attached hydrogen (secondary N) is 1. The summed E-state index contributed by atoms with van der Waals surface area (Å²) in [4.78, 5) is 28.2. The van der Waals surface area contributed by atoms with E-state index in [0.29, 0.717) is 52.6 Å². The van der Waals surface area contributed by atoms with Gasteiger partial charge in [0.2, 0.25) is 0 Å². The van der Waals surface area contributed by atoms with Crippen molar-refractivity contribution in [2.45, 2.75) is 32.8 Å². The predicted octanol–water partition coefficient (Wildman–Crippen LogP) is 5.58. The maximum atomic E-state index is 12.4. The molecule has 0 atom stereocenters. The zero-order chi connectivity index (χ0) is 28.0. The lowest BCUT2D eigenvalue weighted by Gasteiger charge is -2.26. The zero-order valence-corrected chi connectivity index (χ0v) is 22.8. The molecule has 0 aliphatic rings. The number of ether oxygens (including phenoxy) is 3. The number of benzene rings is 2. The summed E-state index contributed by atoms with van der Waals surface area (Å²) in [5.74, 6) is 1.63. The van der Waals surface area contributed by atoms with Crippen LogP contribution in [0.5, 0.6) is 11.5 Å². The summed E-state index contributed by atoms with van der Waals surface area (Å²) in [6, 6.07) is 15.0. The van der Waals surface area contributed by atoms with E-state index < -0.39 is 11.7 Å². The first-order chi connectivity index (χ1) is 18.7. The number of anilines is 3. The summed E-state index contributed by atoms with van der Waals surface area (Å²) in [7, 11) is 3.21. The second-order valence-electron chi connectivity index (χ2n) is 9.75. The van der Waals surface area contributed by atoms with Crippen molar-refractivity contribution >= 4 is 34.3 Å². The number of carbonyl (C=O) groups excluding carboxylic acids is 1. The number of hydrogen-bond donors (Lipinski definition) is 2. The standard InChI is InChI=1S/C29H33N5O5/c1-29(2,3)39-28(36)33-27-23(8-6-11-30-27)26-18-31-24-10-9-19(16-25(24)32-26)34(12-7-13-35)20-14-21(37-4)17-22(15-20)38-5/h6,8-11,14-18,35H,7,12-13H2,1-5H3,(H,30,33,36). The Hall–Kier alpha value is -4.44. The molecule has 204 valence electrons. The lowest BCUT2D eigenvalue weighted by atomic mass is 10.1. The second-order valence-corrected chi connectivity index (χ2v) is 9.75. The maximum Gasteiger partial charge on any atom is 0.413 e. The van der Waals surface area contributed by atoms with E-state index in [1.54, 1.807) is 53.5 Å². The van der Waals surface area contributed by atoms with Crippen LogP contribution < -0.4 is 19.7 Å². The number of aromatic nitrogens is 3. The molecule has 0 aliphatic carbocycles. The fourth-order valence-electron chi connectivity index (χ4n) is 3.99. The van der Waals surface area contributed by atoms with Crippen molar-refractivity contribution in [2.24, 2.45) is 0 Å². The van der Waals surface area contributed by atoms with Gasteiger partial charge in [-0.3, -0.25) is 10.3 Å². The number of methoxy groups -OCH3 is 2. The van der Waals surface area contributed by atoms with E-state index >= 15 is 0 Å². The molecule has 2 N–H and O–H groups in total. The summed E-state index contributed by atoms with van der Waals surface area (Å²) in [6.07, 6.45) is 3.19. The minimum absolute atomic E-state index is 0.0452. The summed E-state index contributed by atoms with van der Waals surface area (Å²) < 4.78 is 16.3. The number of pyridine rings is 1. The molecule has 1 amide bonds. The molecule has 0 bridgehead atoms. The normalized spacial score (nSPS) is 11.2. The Morgan fingerprint density at radius 2 is 1.72 bits per heavy atom. The molecule has 0 saturated heterocycles. The number of aliphatic hydroxyl groups is 1. The van der Waals surface area contributed by atoms with E-state index in [1.165, 1.54) is 0 Å². The van der Waals surface area contributed by atoms with Crippen LogP contribution in [0.2, 0.25) is 0 Å². The summed E-state index contributed by atoms with van der Waals surface area (Å²) in [5.41, 5.74) is 3.57. The summed E-state index contributed by atoms with van der Waals surface area (Å²) in [5, 5.41) is 12.3. The SMILES string of the molecule is COc1cc(OC)cc(N(CCCO)c2ccc3ncc(-c4cccnc4NC(=O)OC(C)(C)C)nc3c2)c1. The van der Waals surface area contributed by atoms with Gasteiger partial charge in [-0.05, 0) is 57.5 Å². The highest BCUT2D eigenvalue weighted by molar-refractivity contribution is 5.90. The summed E-state index contributed by atoms with van der Waals surface area (Å²) >= 11 is 0. The monoisotopic (exact) mass is 531 g/mol. The molecular weight excluding hydrogens is 498 g/mol. The Kier molecular flexibility index (Phi) is 8.46. The number of amides is 1. The molecule has 39 heavy (non-hydrogen) atoms. The van der Waals surface area contributed by atoms with Crippen molar-refractivity contribution in [2.75, 3.05) is 37.6 Å². The van der Waals surface area contributed by atoms with Crippen molar-refractivity contribution in [1.29, 1.82) is 0 Å². The Labute approximate surface area is 227 Å². The van der Waals surface area contributed by atoms with Crippen molar-refractivity contribution in [3.8, 4) is 22.8 Å². The van der Waals surface area contributed by atoms with Crippen LogP contribution in [-0.2, 0) is 4.74 Å². The molecular formula is C29H33N5O5. The Bertz CT molecular complexity index is 1430. The molecule has 2 aromatic heterocycles. The lowest BCUT2D eigenvalue weighted by Crippen LogP contribution is -2.27. The smallest absolute Gasteiger partial charge is 0.413 e. The van der Waals surface area contributed by atoms with Crippen LogP contribution in [-0.4, -0.2) is 59.1 Å². The van der Waals surface area contributed by atoms with Gasteiger partial charge in [-0.2, -0.15) is 0 Å². The van der Waals surface area contributed by atoms with Crippen molar-refractivity contribution < 1.29 is 24.1 Å². The van der Waals surface area contributed by atoms with Gasteiger partial charge in [0.1, 0.15) is 22.9 Å². The van der Waals surface area contributed by atoms with E-state index in [-0.39, 0.29) is 6.61 Å². The fourth-order valence-corrected chi connectivity index (χ4v) is 3.99. The first-order valence-electron chi connectivity index (χ1n) is 12.5. The van der Waals surface area contributed by atoms with Crippen LogP contribution in [0.15, 0.2) is 60.9 Å². The van der Waals surface area contributed by atoms with E-state index in [0.717, 1.165) is 11.4 Å². The molecule has 2 heterocycles. The van der Waals surface area contributed by atoms with E-state index in [4.69, 9.17) is 19.2 Å². The molecule has 10 heteroatoms. The second kappa shape index (κ2) is 12.0. The van der Waals surface area contributed by atoms with E-state index in [9.17, 15) is 9.90 Å². The van der Waals surface area contributed by atoms with Gasteiger partial charge in [0.15, 0.2) is 0 Å². The number of rotatable bonds is 9. The largest absolute Gasteiger partial charge is 0.497 e. The molecule has 0 radical (unpaired) electrons. The van der Waals surface area contributed by atoms with Crippen LogP contribution >= 0.6 is 0 Å². The molecule has 4 aromatic rings. The van der Waals surface area contributed by atoms with Gasteiger partial charge < -0.3 is 24.2 Å². The van der Waals surface area contributed by atoms with Crippen LogP contribution in [0, 0.1) is 0 Å².